The van der Waals surface area contributed by atoms with E-state index in [1.165, 1.54) is 23.5 Å². The SMILES string of the molecule is CCCC[C@H](CC)C(=O)Nc1ccc(-c2csc(Nc3ccc(F)cc3)n2)cc1. The zero-order valence-corrected chi connectivity index (χ0v) is 17.6. The maximum Gasteiger partial charge on any atom is 0.227 e. The summed E-state index contributed by atoms with van der Waals surface area (Å²) in [6, 6.07) is 13.9. The summed E-state index contributed by atoms with van der Waals surface area (Å²) in [5.74, 6) is -0.111. The summed E-state index contributed by atoms with van der Waals surface area (Å²) in [5, 5.41) is 8.91. The van der Waals surface area contributed by atoms with Crippen molar-refractivity contribution in [2.24, 2.45) is 5.92 Å². The highest BCUT2D eigenvalue weighted by molar-refractivity contribution is 7.14. The van der Waals surface area contributed by atoms with E-state index in [2.05, 4.69) is 29.5 Å². The van der Waals surface area contributed by atoms with E-state index in [-0.39, 0.29) is 17.6 Å². The molecule has 3 aromatic rings. The van der Waals surface area contributed by atoms with Crippen LogP contribution in [0, 0.1) is 11.7 Å². The number of anilines is 3. The van der Waals surface area contributed by atoms with Crippen molar-refractivity contribution in [3.05, 3.63) is 59.7 Å². The van der Waals surface area contributed by atoms with Gasteiger partial charge in [0.15, 0.2) is 5.13 Å². The Kier molecular flexibility index (Phi) is 7.36. The first kappa shape index (κ1) is 21.0. The summed E-state index contributed by atoms with van der Waals surface area (Å²) in [6.07, 6.45) is 3.96. The molecule has 1 heterocycles. The van der Waals surface area contributed by atoms with Crippen molar-refractivity contribution in [1.82, 2.24) is 4.98 Å². The first-order valence-corrected chi connectivity index (χ1v) is 10.9. The molecule has 0 aliphatic rings. The van der Waals surface area contributed by atoms with Crippen molar-refractivity contribution in [2.45, 2.75) is 39.5 Å². The molecule has 29 heavy (non-hydrogen) atoms. The molecule has 0 aliphatic heterocycles. The zero-order chi connectivity index (χ0) is 20.6. The van der Waals surface area contributed by atoms with E-state index >= 15 is 0 Å². The van der Waals surface area contributed by atoms with Crippen LogP contribution in [0.4, 0.5) is 20.9 Å². The van der Waals surface area contributed by atoms with E-state index in [4.69, 9.17) is 0 Å². The molecule has 0 aliphatic carbocycles. The molecule has 0 fully saturated rings. The van der Waals surface area contributed by atoms with Crippen molar-refractivity contribution in [1.29, 1.82) is 0 Å². The fourth-order valence-corrected chi connectivity index (χ4v) is 3.80. The van der Waals surface area contributed by atoms with Gasteiger partial charge in [-0.3, -0.25) is 4.79 Å². The number of thiazole rings is 1. The molecule has 152 valence electrons. The van der Waals surface area contributed by atoms with Gasteiger partial charge in [-0.1, -0.05) is 38.8 Å². The molecular formula is C23H26FN3OS. The molecule has 0 saturated carbocycles. The Morgan fingerprint density at radius 2 is 1.76 bits per heavy atom. The van der Waals surface area contributed by atoms with E-state index in [1.54, 1.807) is 12.1 Å². The largest absolute Gasteiger partial charge is 0.332 e. The van der Waals surface area contributed by atoms with Gasteiger partial charge in [-0.2, -0.15) is 0 Å². The van der Waals surface area contributed by atoms with Gasteiger partial charge < -0.3 is 10.6 Å². The minimum Gasteiger partial charge on any atom is -0.332 e. The number of amides is 1. The van der Waals surface area contributed by atoms with Gasteiger partial charge in [0.2, 0.25) is 5.91 Å². The van der Waals surface area contributed by atoms with Gasteiger partial charge in [-0.15, -0.1) is 11.3 Å². The van der Waals surface area contributed by atoms with Crippen LogP contribution in [0.2, 0.25) is 0 Å². The van der Waals surface area contributed by atoms with Gasteiger partial charge >= 0.3 is 0 Å². The van der Waals surface area contributed by atoms with E-state index in [1.807, 2.05) is 29.6 Å². The quantitative estimate of drug-likeness (QED) is 0.405. The molecule has 2 aromatic carbocycles. The van der Waals surface area contributed by atoms with Gasteiger partial charge in [0, 0.05) is 28.2 Å². The summed E-state index contributed by atoms with van der Waals surface area (Å²) in [4.78, 5) is 17.0. The molecule has 0 saturated heterocycles. The van der Waals surface area contributed by atoms with Crippen LogP contribution in [-0.4, -0.2) is 10.9 Å². The van der Waals surface area contributed by atoms with Crippen molar-refractivity contribution in [2.75, 3.05) is 10.6 Å². The lowest BCUT2D eigenvalue weighted by molar-refractivity contribution is -0.120. The zero-order valence-electron chi connectivity index (χ0n) is 16.7. The normalized spacial score (nSPS) is 11.8. The third-order valence-corrected chi connectivity index (χ3v) is 5.58. The molecule has 1 atom stereocenters. The number of carbonyl (C=O) groups is 1. The predicted octanol–water partition coefficient (Wildman–Crippen LogP) is 6.85. The minimum atomic E-state index is -0.266. The Labute approximate surface area is 175 Å². The highest BCUT2D eigenvalue weighted by Gasteiger charge is 2.16. The molecule has 4 nitrogen and oxygen atoms in total. The van der Waals surface area contributed by atoms with Gasteiger partial charge in [-0.25, -0.2) is 9.37 Å². The van der Waals surface area contributed by atoms with Crippen LogP contribution in [0.25, 0.3) is 11.3 Å². The lowest BCUT2D eigenvalue weighted by Crippen LogP contribution is -2.22. The number of hydrogen-bond acceptors (Lipinski definition) is 4. The van der Waals surface area contributed by atoms with Gasteiger partial charge in [0.1, 0.15) is 5.82 Å². The second-order valence-corrected chi connectivity index (χ2v) is 7.84. The number of benzene rings is 2. The Bertz CT molecular complexity index is 922. The van der Waals surface area contributed by atoms with E-state index in [0.717, 1.165) is 53.4 Å². The molecule has 1 aromatic heterocycles. The van der Waals surface area contributed by atoms with Crippen LogP contribution < -0.4 is 10.6 Å². The average Bonchev–Trinajstić information content (AvgIpc) is 3.19. The number of nitrogens with zero attached hydrogens (tertiary/aromatic N) is 1. The van der Waals surface area contributed by atoms with Crippen molar-refractivity contribution >= 4 is 33.8 Å². The Morgan fingerprint density at radius 3 is 2.41 bits per heavy atom. The van der Waals surface area contributed by atoms with Crippen LogP contribution in [0.5, 0.6) is 0 Å². The van der Waals surface area contributed by atoms with E-state index in [9.17, 15) is 9.18 Å². The first-order valence-electron chi connectivity index (χ1n) is 9.98. The fourth-order valence-electron chi connectivity index (χ4n) is 3.06. The monoisotopic (exact) mass is 411 g/mol. The smallest absolute Gasteiger partial charge is 0.227 e. The molecular weight excluding hydrogens is 385 g/mol. The first-order chi connectivity index (χ1) is 14.1. The lowest BCUT2D eigenvalue weighted by atomic mass is 9.98. The standard InChI is InChI=1S/C23H26FN3OS/c1-3-5-6-16(4-2)22(28)25-19-11-7-17(8-12-19)21-15-29-23(27-21)26-20-13-9-18(24)10-14-20/h7-16H,3-6H2,1-2H3,(H,25,28)(H,26,27)/t16-/m0/s1. The highest BCUT2D eigenvalue weighted by atomic mass is 32.1. The number of nitrogens with one attached hydrogen (secondary N) is 2. The molecule has 1 amide bonds. The third-order valence-electron chi connectivity index (χ3n) is 4.82. The van der Waals surface area contributed by atoms with Crippen LogP contribution in [0.3, 0.4) is 0 Å². The van der Waals surface area contributed by atoms with Crippen molar-refractivity contribution in [3.8, 4) is 11.3 Å². The second kappa shape index (κ2) is 10.2. The maximum atomic E-state index is 13.0. The molecule has 0 radical (unpaired) electrons. The number of carbonyl (C=O) groups excluding carboxylic acids is 1. The predicted molar refractivity (Wildman–Crippen MR) is 119 cm³/mol. The average molecular weight is 412 g/mol. The number of aromatic nitrogens is 1. The molecule has 0 unspecified atom stereocenters. The van der Waals surface area contributed by atoms with E-state index < -0.39 is 0 Å². The van der Waals surface area contributed by atoms with Gasteiger partial charge in [0.25, 0.3) is 0 Å². The van der Waals surface area contributed by atoms with Crippen LogP contribution >= 0.6 is 11.3 Å². The molecule has 0 bridgehead atoms. The number of hydrogen-bond donors (Lipinski definition) is 2. The van der Waals surface area contributed by atoms with Crippen LogP contribution in [0.1, 0.15) is 39.5 Å². The fraction of sp³-hybridized carbons (Fsp3) is 0.304. The minimum absolute atomic E-state index is 0.0632. The van der Waals surface area contributed by atoms with Crippen molar-refractivity contribution in [3.63, 3.8) is 0 Å². The Morgan fingerprint density at radius 1 is 1.07 bits per heavy atom. The van der Waals surface area contributed by atoms with Gasteiger partial charge in [0.05, 0.1) is 5.69 Å². The molecule has 3 rings (SSSR count). The molecule has 2 N–H and O–H groups in total. The lowest BCUT2D eigenvalue weighted by Gasteiger charge is -2.14. The summed E-state index contributed by atoms with van der Waals surface area (Å²) < 4.78 is 13.0. The number of halogens is 1. The Balaban J connectivity index is 1.62. The Hall–Kier alpha value is -2.73. The number of rotatable bonds is 9. The van der Waals surface area contributed by atoms with Gasteiger partial charge in [-0.05, 0) is 49.2 Å². The summed E-state index contributed by atoms with van der Waals surface area (Å²) in [6.45, 7) is 4.20. The molecule has 0 spiro atoms. The topological polar surface area (TPSA) is 54.0 Å². The van der Waals surface area contributed by atoms with Crippen molar-refractivity contribution < 1.29 is 9.18 Å². The second-order valence-electron chi connectivity index (χ2n) is 6.98. The maximum absolute atomic E-state index is 13.0. The van der Waals surface area contributed by atoms with Crippen LogP contribution in [0.15, 0.2) is 53.9 Å². The summed E-state index contributed by atoms with van der Waals surface area (Å²) in [7, 11) is 0. The third kappa shape index (κ3) is 5.87. The summed E-state index contributed by atoms with van der Waals surface area (Å²) >= 11 is 1.49. The summed E-state index contributed by atoms with van der Waals surface area (Å²) in [5.41, 5.74) is 3.42. The van der Waals surface area contributed by atoms with E-state index in [0.29, 0.717) is 0 Å². The molecule has 6 heteroatoms. The number of unbranched alkanes of at least 4 members (excludes halogenated alkanes) is 1. The highest BCUT2D eigenvalue weighted by Crippen LogP contribution is 2.28. The van der Waals surface area contributed by atoms with Crippen LogP contribution in [-0.2, 0) is 4.79 Å².